The summed E-state index contributed by atoms with van der Waals surface area (Å²) in [4.78, 5) is 0. The van der Waals surface area contributed by atoms with E-state index in [-0.39, 0.29) is 0 Å². The monoisotopic (exact) mass is 419 g/mol. The molecule has 1 N–H and O–H groups in total. The van der Waals surface area contributed by atoms with Crippen molar-refractivity contribution in [1.29, 1.82) is 0 Å². The van der Waals surface area contributed by atoms with Crippen molar-refractivity contribution in [2.24, 2.45) is 5.92 Å². The largest absolute Gasteiger partial charge is 0.489 e. The molecular weight excluding hydrogens is 398 g/mol. The van der Waals surface area contributed by atoms with Gasteiger partial charge in [0.1, 0.15) is 12.4 Å². The van der Waals surface area contributed by atoms with Crippen LogP contribution in [0.5, 0.6) is 5.75 Å². The second-order valence-corrected chi connectivity index (χ2v) is 7.57. The van der Waals surface area contributed by atoms with Crippen LogP contribution in [0.4, 0.5) is 0 Å². The molecule has 0 unspecified atom stereocenters. The molecule has 1 saturated carbocycles. The van der Waals surface area contributed by atoms with Gasteiger partial charge in [0.05, 0.1) is 15.6 Å². The summed E-state index contributed by atoms with van der Waals surface area (Å²) >= 11 is 7.18. The first-order valence-electron chi connectivity index (χ1n) is 7.48. The minimum Gasteiger partial charge on any atom is -0.489 e. The van der Waals surface area contributed by atoms with E-state index < -0.39 is 0 Å². The number of nitrogens with one attached hydrogen (secondary N) is 1. The summed E-state index contributed by atoms with van der Waals surface area (Å²) in [5.74, 6) is 1.40. The fraction of sp³-hybridized carbons (Fsp3) is 0.625. The molecule has 0 bridgehead atoms. The molecule has 21 heavy (non-hydrogen) atoms. The Bertz CT molecular complexity index is 439. The van der Waals surface area contributed by atoms with Gasteiger partial charge in [-0.25, -0.2) is 0 Å². The lowest BCUT2D eigenvalue weighted by Gasteiger charge is -2.13. The summed E-state index contributed by atoms with van der Waals surface area (Å²) < 4.78 is 13.3. The van der Waals surface area contributed by atoms with Crippen LogP contribution in [0.2, 0.25) is 0 Å². The third kappa shape index (κ3) is 6.27. The average molecular weight is 421 g/mol. The predicted molar refractivity (Wildman–Crippen MR) is 92.9 cm³/mol. The normalized spacial score (nSPS) is 14.7. The van der Waals surface area contributed by atoms with E-state index in [0.29, 0.717) is 19.1 Å². The van der Waals surface area contributed by atoms with Gasteiger partial charge in [-0.15, -0.1) is 0 Å². The van der Waals surface area contributed by atoms with Crippen molar-refractivity contribution < 1.29 is 9.47 Å². The molecule has 1 aliphatic rings. The summed E-state index contributed by atoms with van der Waals surface area (Å²) in [6.07, 6.45) is 2.61. The molecular formula is C16H23Br2NO2. The van der Waals surface area contributed by atoms with Crippen LogP contribution in [0.1, 0.15) is 32.3 Å². The van der Waals surface area contributed by atoms with Crippen LogP contribution in [-0.4, -0.2) is 25.9 Å². The number of benzene rings is 1. The Morgan fingerprint density at radius 3 is 2.43 bits per heavy atom. The van der Waals surface area contributed by atoms with E-state index in [0.717, 1.165) is 33.9 Å². The average Bonchev–Trinajstić information content (AvgIpc) is 3.22. The SMILES string of the molecule is CC(C)COCCOc1c(Br)cc(CNC2CC2)cc1Br. The zero-order valence-corrected chi connectivity index (χ0v) is 15.8. The molecule has 0 aromatic heterocycles. The van der Waals surface area contributed by atoms with Crippen molar-refractivity contribution in [2.45, 2.75) is 39.3 Å². The highest BCUT2D eigenvalue weighted by Crippen LogP contribution is 2.35. The van der Waals surface area contributed by atoms with Crippen molar-refractivity contribution in [3.05, 3.63) is 26.6 Å². The second kappa shape index (κ2) is 8.51. The molecule has 5 heteroatoms. The van der Waals surface area contributed by atoms with Crippen molar-refractivity contribution in [3.63, 3.8) is 0 Å². The Morgan fingerprint density at radius 2 is 1.86 bits per heavy atom. The third-order valence-corrected chi connectivity index (χ3v) is 4.33. The molecule has 3 nitrogen and oxygen atoms in total. The van der Waals surface area contributed by atoms with Crippen LogP contribution >= 0.6 is 31.9 Å². The number of ether oxygens (including phenoxy) is 2. The van der Waals surface area contributed by atoms with Crippen LogP contribution in [0, 0.1) is 5.92 Å². The number of halogens is 2. The summed E-state index contributed by atoms with van der Waals surface area (Å²) in [6.45, 7) is 7.13. The van der Waals surface area contributed by atoms with E-state index in [1.165, 1.54) is 18.4 Å². The Hall–Kier alpha value is -0.100. The highest BCUT2D eigenvalue weighted by Gasteiger charge is 2.20. The Kier molecular flexibility index (Phi) is 6.99. The maximum atomic E-state index is 5.80. The summed E-state index contributed by atoms with van der Waals surface area (Å²) in [5.41, 5.74) is 1.25. The Balaban J connectivity index is 1.81. The molecule has 1 aromatic carbocycles. The molecule has 0 saturated heterocycles. The van der Waals surface area contributed by atoms with E-state index in [1.54, 1.807) is 0 Å². The van der Waals surface area contributed by atoms with Crippen LogP contribution in [-0.2, 0) is 11.3 Å². The predicted octanol–water partition coefficient (Wildman–Crippen LogP) is 4.52. The van der Waals surface area contributed by atoms with Gasteiger partial charge < -0.3 is 14.8 Å². The zero-order valence-electron chi connectivity index (χ0n) is 12.6. The molecule has 0 spiro atoms. The number of hydrogen-bond acceptors (Lipinski definition) is 3. The molecule has 0 aliphatic heterocycles. The molecule has 1 aliphatic carbocycles. The lowest BCUT2D eigenvalue weighted by Crippen LogP contribution is -2.15. The van der Waals surface area contributed by atoms with Gasteiger partial charge in [0.25, 0.3) is 0 Å². The smallest absolute Gasteiger partial charge is 0.147 e. The first-order chi connectivity index (χ1) is 10.1. The lowest BCUT2D eigenvalue weighted by molar-refractivity contribution is 0.0815. The first kappa shape index (κ1) is 17.3. The van der Waals surface area contributed by atoms with Gasteiger partial charge in [-0.3, -0.25) is 0 Å². The van der Waals surface area contributed by atoms with E-state index in [2.05, 4.69) is 63.2 Å². The topological polar surface area (TPSA) is 30.5 Å². The standard InChI is InChI=1S/C16H23Br2NO2/c1-11(2)10-20-5-6-21-16-14(17)7-12(8-15(16)18)9-19-13-3-4-13/h7-8,11,13,19H,3-6,9-10H2,1-2H3. The fourth-order valence-electron chi connectivity index (χ4n) is 1.92. The molecule has 118 valence electrons. The highest BCUT2D eigenvalue weighted by atomic mass is 79.9. The molecule has 0 radical (unpaired) electrons. The molecule has 0 amide bonds. The van der Waals surface area contributed by atoms with Crippen molar-refractivity contribution in [1.82, 2.24) is 5.32 Å². The molecule has 2 rings (SSSR count). The summed E-state index contributed by atoms with van der Waals surface area (Å²) in [5, 5.41) is 3.51. The van der Waals surface area contributed by atoms with Crippen LogP contribution in [0.25, 0.3) is 0 Å². The number of hydrogen-bond donors (Lipinski definition) is 1. The quantitative estimate of drug-likeness (QED) is 0.596. The maximum absolute atomic E-state index is 5.80. The van der Waals surface area contributed by atoms with Gasteiger partial charge >= 0.3 is 0 Å². The van der Waals surface area contributed by atoms with E-state index in [9.17, 15) is 0 Å². The minimum atomic E-state index is 0.557. The lowest BCUT2D eigenvalue weighted by atomic mass is 10.2. The first-order valence-corrected chi connectivity index (χ1v) is 9.06. The fourth-order valence-corrected chi connectivity index (χ4v) is 3.43. The van der Waals surface area contributed by atoms with E-state index >= 15 is 0 Å². The van der Waals surface area contributed by atoms with Gasteiger partial charge in [0, 0.05) is 19.2 Å². The summed E-state index contributed by atoms with van der Waals surface area (Å²) in [7, 11) is 0. The molecule has 0 heterocycles. The van der Waals surface area contributed by atoms with Gasteiger partial charge in [0.2, 0.25) is 0 Å². The second-order valence-electron chi connectivity index (χ2n) is 5.86. The van der Waals surface area contributed by atoms with Gasteiger partial charge in [-0.1, -0.05) is 13.8 Å². The Morgan fingerprint density at radius 1 is 1.19 bits per heavy atom. The highest BCUT2D eigenvalue weighted by molar-refractivity contribution is 9.11. The van der Waals surface area contributed by atoms with Gasteiger partial charge in [0.15, 0.2) is 0 Å². The van der Waals surface area contributed by atoms with Crippen molar-refractivity contribution >= 4 is 31.9 Å². The third-order valence-electron chi connectivity index (χ3n) is 3.16. The zero-order chi connectivity index (χ0) is 15.2. The number of rotatable bonds is 9. The molecule has 0 atom stereocenters. The van der Waals surface area contributed by atoms with Crippen LogP contribution in [0.3, 0.4) is 0 Å². The van der Waals surface area contributed by atoms with Crippen LogP contribution < -0.4 is 10.1 Å². The Labute approximate surface area is 144 Å². The maximum Gasteiger partial charge on any atom is 0.147 e. The molecule has 1 aromatic rings. The van der Waals surface area contributed by atoms with E-state index in [4.69, 9.17) is 9.47 Å². The molecule has 1 fully saturated rings. The van der Waals surface area contributed by atoms with E-state index in [1.807, 2.05) is 0 Å². The van der Waals surface area contributed by atoms with Gasteiger partial charge in [-0.05, 0) is 68.3 Å². The minimum absolute atomic E-state index is 0.557. The van der Waals surface area contributed by atoms with Gasteiger partial charge in [-0.2, -0.15) is 0 Å². The van der Waals surface area contributed by atoms with Crippen molar-refractivity contribution in [3.8, 4) is 5.75 Å². The summed E-state index contributed by atoms with van der Waals surface area (Å²) in [6, 6.07) is 4.95. The van der Waals surface area contributed by atoms with Crippen LogP contribution in [0.15, 0.2) is 21.1 Å². The van der Waals surface area contributed by atoms with Crippen molar-refractivity contribution in [2.75, 3.05) is 19.8 Å².